The van der Waals surface area contributed by atoms with Crippen molar-refractivity contribution >= 4 is 46.1 Å². The quantitative estimate of drug-likeness (QED) is 0.307. The Hall–Kier alpha value is -3.29. The first-order valence-electron chi connectivity index (χ1n) is 12.5. The lowest BCUT2D eigenvalue weighted by molar-refractivity contribution is -0.122. The average molecular weight is 555 g/mol. The van der Waals surface area contributed by atoms with Crippen molar-refractivity contribution in [2.75, 3.05) is 32.6 Å². The molecule has 2 heterocycles. The number of anilines is 1. The summed E-state index contributed by atoms with van der Waals surface area (Å²) in [5.41, 5.74) is 1.94. The number of aromatic nitrogens is 1. The molecule has 2 aromatic rings. The van der Waals surface area contributed by atoms with Gasteiger partial charge in [-0.2, -0.15) is 5.26 Å². The first kappa shape index (κ1) is 29.3. The van der Waals surface area contributed by atoms with E-state index in [2.05, 4.69) is 11.4 Å². The van der Waals surface area contributed by atoms with E-state index >= 15 is 0 Å². The highest BCUT2D eigenvalue weighted by Gasteiger charge is 2.33. The van der Waals surface area contributed by atoms with Gasteiger partial charge in [-0.05, 0) is 55.0 Å². The monoisotopic (exact) mass is 554 g/mol. The number of nitrogens with zero attached hydrogens (tertiary/aromatic N) is 3. The predicted molar refractivity (Wildman–Crippen MR) is 157 cm³/mol. The van der Waals surface area contributed by atoms with E-state index in [1.807, 2.05) is 39.0 Å². The van der Waals surface area contributed by atoms with Crippen LogP contribution in [0.1, 0.15) is 49.4 Å². The van der Waals surface area contributed by atoms with Gasteiger partial charge in [0.05, 0.1) is 19.1 Å². The van der Waals surface area contributed by atoms with Crippen molar-refractivity contribution in [2.24, 2.45) is 5.92 Å². The summed E-state index contributed by atoms with van der Waals surface area (Å²) < 4.78 is 12.9. The molecule has 1 aliphatic rings. The van der Waals surface area contributed by atoms with E-state index in [1.165, 1.54) is 11.8 Å². The predicted octanol–water partition coefficient (Wildman–Crippen LogP) is 4.97. The van der Waals surface area contributed by atoms with Crippen molar-refractivity contribution in [3.05, 3.63) is 55.7 Å². The molecule has 1 saturated heterocycles. The lowest BCUT2D eigenvalue weighted by Crippen LogP contribution is -2.31. The minimum absolute atomic E-state index is 0.0767. The Morgan fingerprint density at radius 1 is 1.21 bits per heavy atom. The van der Waals surface area contributed by atoms with E-state index in [1.54, 1.807) is 36.7 Å². The minimum atomic E-state index is -0.343. The number of amides is 1. The Kier molecular flexibility index (Phi) is 10.00. The smallest absolute Gasteiger partial charge is 0.270 e. The van der Waals surface area contributed by atoms with Crippen LogP contribution in [0, 0.1) is 24.2 Å². The largest absolute Gasteiger partial charge is 0.493 e. The lowest BCUT2D eigenvalue weighted by atomic mass is 10.0. The zero-order valence-corrected chi connectivity index (χ0v) is 24.3. The fourth-order valence-electron chi connectivity index (χ4n) is 4.31. The molecule has 1 aromatic heterocycles. The van der Waals surface area contributed by atoms with Crippen LogP contribution in [0.2, 0.25) is 0 Å². The number of benzene rings is 1. The molecule has 10 heteroatoms. The van der Waals surface area contributed by atoms with Crippen LogP contribution >= 0.6 is 24.0 Å². The van der Waals surface area contributed by atoms with E-state index in [4.69, 9.17) is 21.7 Å². The molecule has 1 amide bonds. The second-order valence-corrected chi connectivity index (χ2v) is 11.1. The van der Waals surface area contributed by atoms with Crippen LogP contribution < -0.4 is 20.3 Å². The molecule has 0 saturated carbocycles. The zero-order chi connectivity index (χ0) is 28.0. The molecule has 3 rings (SSSR count). The second-order valence-electron chi connectivity index (χ2n) is 9.38. The molecule has 0 spiro atoms. The number of ether oxygens (including phenoxy) is 2. The van der Waals surface area contributed by atoms with E-state index in [9.17, 15) is 14.9 Å². The van der Waals surface area contributed by atoms with Gasteiger partial charge in [0, 0.05) is 25.2 Å². The van der Waals surface area contributed by atoms with Crippen molar-refractivity contribution in [3.8, 4) is 17.6 Å². The van der Waals surface area contributed by atoms with Crippen LogP contribution in [0.25, 0.3) is 6.08 Å². The van der Waals surface area contributed by atoms with Gasteiger partial charge in [-0.25, -0.2) is 0 Å². The van der Waals surface area contributed by atoms with Gasteiger partial charge in [0.15, 0.2) is 11.5 Å². The molecule has 1 aromatic carbocycles. The fraction of sp³-hybridized carbons (Fsp3) is 0.429. The Balaban J connectivity index is 2.03. The van der Waals surface area contributed by atoms with Crippen LogP contribution in [0.4, 0.5) is 5.82 Å². The molecule has 0 unspecified atom stereocenters. The Labute approximate surface area is 233 Å². The number of rotatable bonds is 11. The van der Waals surface area contributed by atoms with Crippen molar-refractivity contribution in [3.63, 3.8) is 0 Å². The molecule has 1 aliphatic heterocycles. The highest BCUT2D eigenvalue weighted by Crippen LogP contribution is 2.35. The van der Waals surface area contributed by atoms with Gasteiger partial charge in [0.1, 0.15) is 21.8 Å². The topological polar surface area (TPSA) is 96.6 Å². The van der Waals surface area contributed by atoms with Crippen LogP contribution in [0.5, 0.6) is 11.5 Å². The Morgan fingerprint density at radius 2 is 1.92 bits per heavy atom. The Morgan fingerprint density at radius 3 is 2.53 bits per heavy atom. The van der Waals surface area contributed by atoms with E-state index in [0.29, 0.717) is 70.1 Å². The van der Waals surface area contributed by atoms with Crippen LogP contribution in [0.3, 0.4) is 0 Å². The molecular formula is C28H34N4O4S2. The average Bonchev–Trinajstić information content (AvgIpc) is 3.15. The van der Waals surface area contributed by atoms with Crippen molar-refractivity contribution in [1.82, 2.24) is 9.47 Å². The molecule has 0 aliphatic carbocycles. The third-order valence-corrected chi connectivity index (χ3v) is 7.55. The molecule has 202 valence electrons. The van der Waals surface area contributed by atoms with Crippen LogP contribution in [-0.4, -0.2) is 47.0 Å². The highest BCUT2D eigenvalue weighted by molar-refractivity contribution is 8.26. The number of thiocarbonyl (C=S) groups is 1. The van der Waals surface area contributed by atoms with Gasteiger partial charge in [0.2, 0.25) is 0 Å². The number of hydrogen-bond acceptors (Lipinski definition) is 8. The summed E-state index contributed by atoms with van der Waals surface area (Å²) in [6, 6.07) is 7.82. The summed E-state index contributed by atoms with van der Waals surface area (Å²) in [5.74, 6) is 2.00. The number of thioether (sulfide) groups is 1. The molecule has 0 radical (unpaired) electrons. The molecule has 1 N–H and O–H groups in total. The van der Waals surface area contributed by atoms with Gasteiger partial charge in [-0.1, -0.05) is 50.8 Å². The summed E-state index contributed by atoms with van der Waals surface area (Å²) in [6.45, 7) is 9.27. The Bertz CT molecular complexity index is 1360. The van der Waals surface area contributed by atoms with Gasteiger partial charge in [0.25, 0.3) is 11.5 Å². The fourth-order valence-corrected chi connectivity index (χ4v) is 5.56. The molecular weight excluding hydrogens is 520 g/mol. The summed E-state index contributed by atoms with van der Waals surface area (Å²) in [5, 5.41) is 13.2. The number of pyridine rings is 1. The van der Waals surface area contributed by atoms with Gasteiger partial charge in [-0.3, -0.25) is 19.1 Å². The number of nitriles is 1. The molecule has 38 heavy (non-hydrogen) atoms. The second kappa shape index (κ2) is 13.0. The lowest BCUT2D eigenvalue weighted by Gasteiger charge is -2.20. The summed E-state index contributed by atoms with van der Waals surface area (Å²) in [7, 11) is 3.19. The number of carbonyl (C=O) groups excluding carboxylic acids is 1. The van der Waals surface area contributed by atoms with Gasteiger partial charge in [-0.15, -0.1) is 0 Å². The number of methoxy groups -OCH3 is 2. The zero-order valence-electron chi connectivity index (χ0n) is 22.7. The first-order valence-corrected chi connectivity index (χ1v) is 13.8. The molecule has 0 bridgehead atoms. The summed E-state index contributed by atoms with van der Waals surface area (Å²) in [4.78, 5) is 28.5. The normalized spacial score (nSPS) is 14.4. The SMILES string of the molecule is CCCn1c(NCCc2ccc(OC)c(OC)c2)c(/C=C2/SC(=S)N(CC(C)C)C2=O)c(C)c(C#N)c1=O. The first-order chi connectivity index (χ1) is 18.2. The maximum absolute atomic E-state index is 13.2. The number of hydrogen-bond donors (Lipinski definition) is 1. The van der Waals surface area contributed by atoms with E-state index in [0.717, 1.165) is 5.56 Å². The number of nitrogens with one attached hydrogen (secondary N) is 1. The van der Waals surface area contributed by atoms with E-state index < -0.39 is 0 Å². The van der Waals surface area contributed by atoms with E-state index in [-0.39, 0.29) is 22.9 Å². The van der Waals surface area contributed by atoms with Crippen molar-refractivity contribution in [2.45, 2.75) is 47.1 Å². The highest BCUT2D eigenvalue weighted by atomic mass is 32.2. The molecule has 1 fully saturated rings. The maximum atomic E-state index is 13.2. The van der Waals surface area contributed by atoms with Crippen molar-refractivity contribution < 1.29 is 14.3 Å². The third-order valence-electron chi connectivity index (χ3n) is 6.17. The maximum Gasteiger partial charge on any atom is 0.270 e. The van der Waals surface area contributed by atoms with Gasteiger partial charge >= 0.3 is 0 Å². The summed E-state index contributed by atoms with van der Waals surface area (Å²) >= 11 is 6.73. The third kappa shape index (κ3) is 6.22. The molecule has 0 atom stereocenters. The molecule has 8 nitrogen and oxygen atoms in total. The van der Waals surface area contributed by atoms with Crippen LogP contribution in [-0.2, 0) is 17.8 Å². The number of carbonyl (C=O) groups is 1. The van der Waals surface area contributed by atoms with Gasteiger partial charge < -0.3 is 14.8 Å². The minimum Gasteiger partial charge on any atom is -0.493 e. The standard InChI is InChI=1S/C28H34N4O4S2/c1-7-12-31-25(30-11-10-19-8-9-22(35-5)23(13-19)36-6)20(18(4)21(15-29)26(31)33)14-24-27(34)32(16-17(2)3)28(37)38-24/h8-9,13-14,17,30H,7,10-12,16H2,1-6H3/b24-14+. The van der Waals surface area contributed by atoms with Crippen LogP contribution in [0.15, 0.2) is 27.9 Å². The summed E-state index contributed by atoms with van der Waals surface area (Å²) in [6.07, 6.45) is 3.12. The van der Waals surface area contributed by atoms with Crippen molar-refractivity contribution in [1.29, 1.82) is 5.26 Å².